The van der Waals surface area contributed by atoms with Gasteiger partial charge in [0.15, 0.2) is 11.8 Å². The van der Waals surface area contributed by atoms with Gasteiger partial charge < -0.3 is 4.74 Å². The summed E-state index contributed by atoms with van der Waals surface area (Å²) < 4.78 is 19.2. The van der Waals surface area contributed by atoms with E-state index in [-0.39, 0.29) is 18.3 Å². The fraction of sp³-hybridized carbons (Fsp3) is 0.222. The van der Waals surface area contributed by atoms with Crippen LogP contribution in [-0.4, -0.2) is 35.7 Å². The van der Waals surface area contributed by atoms with Gasteiger partial charge in [-0.15, -0.1) is 0 Å². The number of benzene rings is 2. The summed E-state index contributed by atoms with van der Waals surface area (Å²) in [7, 11) is 0. The van der Waals surface area contributed by atoms with Gasteiger partial charge in [0.25, 0.3) is 5.91 Å². The van der Waals surface area contributed by atoms with E-state index in [1.807, 2.05) is 0 Å². The Morgan fingerprint density at radius 3 is 2.76 bits per heavy atom. The van der Waals surface area contributed by atoms with Gasteiger partial charge in [-0.25, -0.2) is 4.39 Å². The number of carbonyl (C=O) groups is 1. The van der Waals surface area contributed by atoms with Crippen LogP contribution in [0.3, 0.4) is 0 Å². The molecule has 0 saturated carbocycles. The van der Waals surface area contributed by atoms with Crippen LogP contribution in [0.2, 0.25) is 5.02 Å². The molecule has 1 aliphatic rings. The average molecular weight is 379 g/mol. The van der Waals surface area contributed by atoms with E-state index in [0.29, 0.717) is 40.3 Å². The van der Waals surface area contributed by atoms with Crippen molar-refractivity contribution in [2.24, 2.45) is 4.99 Å². The number of hydrogen-bond donors (Lipinski definition) is 0. The van der Waals surface area contributed by atoms with Gasteiger partial charge in [-0.3, -0.25) is 14.7 Å². The summed E-state index contributed by atoms with van der Waals surface area (Å²) in [4.78, 5) is 18.3. The number of aliphatic imine (C=N–C) groups is 1. The molecule has 130 valence electrons. The lowest BCUT2D eigenvalue weighted by Gasteiger charge is -2.18. The highest BCUT2D eigenvalue weighted by Crippen LogP contribution is 2.22. The van der Waals surface area contributed by atoms with Crippen LogP contribution in [-0.2, 0) is 10.5 Å². The standard InChI is InChI=1S/C18H16ClFN2O2S/c19-14-5-7-15(8-6-14)24-11-17(23)22-10-9-21-18(22)25-12-13-3-1-2-4-16(13)20/h1-8H,9-12H2. The van der Waals surface area contributed by atoms with Gasteiger partial charge in [0, 0.05) is 17.3 Å². The Balaban J connectivity index is 1.54. The largest absolute Gasteiger partial charge is 0.484 e. The Morgan fingerprint density at radius 1 is 1.24 bits per heavy atom. The molecule has 7 heteroatoms. The van der Waals surface area contributed by atoms with Crippen LogP contribution >= 0.6 is 23.4 Å². The fourth-order valence-corrected chi connectivity index (χ4v) is 3.47. The molecule has 0 fully saturated rings. The molecule has 2 aromatic rings. The maximum absolute atomic E-state index is 13.7. The number of hydrogen-bond acceptors (Lipinski definition) is 4. The van der Waals surface area contributed by atoms with E-state index in [0.717, 1.165) is 0 Å². The highest BCUT2D eigenvalue weighted by Gasteiger charge is 2.24. The number of halogens is 2. The van der Waals surface area contributed by atoms with Crippen molar-refractivity contribution in [2.45, 2.75) is 5.75 Å². The Morgan fingerprint density at radius 2 is 2.00 bits per heavy atom. The lowest BCUT2D eigenvalue weighted by Crippen LogP contribution is -2.36. The minimum Gasteiger partial charge on any atom is -0.484 e. The third kappa shape index (κ3) is 4.74. The second kappa shape index (κ2) is 8.36. The van der Waals surface area contributed by atoms with E-state index in [4.69, 9.17) is 16.3 Å². The van der Waals surface area contributed by atoms with Crippen LogP contribution in [0.15, 0.2) is 53.5 Å². The van der Waals surface area contributed by atoms with Crippen LogP contribution in [0.25, 0.3) is 0 Å². The molecule has 1 heterocycles. The van der Waals surface area contributed by atoms with E-state index in [2.05, 4.69) is 4.99 Å². The molecule has 0 atom stereocenters. The minimum absolute atomic E-state index is 0.0824. The molecule has 0 N–H and O–H groups in total. The molecule has 0 spiro atoms. The molecule has 0 radical (unpaired) electrons. The van der Waals surface area contributed by atoms with Crippen LogP contribution in [0.1, 0.15) is 5.56 Å². The number of amidine groups is 1. The average Bonchev–Trinajstić information content (AvgIpc) is 3.09. The van der Waals surface area contributed by atoms with Crippen LogP contribution in [0.5, 0.6) is 5.75 Å². The third-order valence-corrected chi connectivity index (χ3v) is 4.91. The van der Waals surface area contributed by atoms with Gasteiger partial charge in [0.1, 0.15) is 11.6 Å². The zero-order valence-corrected chi connectivity index (χ0v) is 14.9. The van der Waals surface area contributed by atoms with Crippen LogP contribution in [0, 0.1) is 5.82 Å². The molecular formula is C18H16ClFN2O2S. The molecule has 4 nitrogen and oxygen atoms in total. The zero-order chi connectivity index (χ0) is 17.6. The highest BCUT2D eigenvalue weighted by molar-refractivity contribution is 8.13. The van der Waals surface area contributed by atoms with Gasteiger partial charge in [-0.2, -0.15) is 0 Å². The van der Waals surface area contributed by atoms with Crippen LogP contribution in [0.4, 0.5) is 4.39 Å². The Kier molecular flexibility index (Phi) is 5.94. The van der Waals surface area contributed by atoms with E-state index in [9.17, 15) is 9.18 Å². The van der Waals surface area contributed by atoms with Gasteiger partial charge in [-0.05, 0) is 35.9 Å². The number of thioether (sulfide) groups is 1. The molecule has 0 unspecified atom stereocenters. The number of carbonyl (C=O) groups excluding carboxylic acids is 1. The summed E-state index contributed by atoms with van der Waals surface area (Å²) in [5.74, 6) is 0.576. The monoisotopic (exact) mass is 378 g/mol. The zero-order valence-electron chi connectivity index (χ0n) is 13.3. The summed E-state index contributed by atoms with van der Waals surface area (Å²) in [5.41, 5.74) is 0.590. The first kappa shape index (κ1) is 17.8. The van der Waals surface area contributed by atoms with Crippen molar-refractivity contribution in [1.29, 1.82) is 0 Å². The second-order valence-corrected chi connectivity index (χ2v) is 6.71. The van der Waals surface area contributed by atoms with Crippen LogP contribution < -0.4 is 4.74 Å². The number of rotatable bonds is 5. The van der Waals surface area contributed by atoms with Gasteiger partial charge in [0.05, 0.1) is 6.54 Å². The smallest absolute Gasteiger partial charge is 0.266 e. The maximum Gasteiger partial charge on any atom is 0.266 e. The fourth-order valence-electron chi connectivity index (χ4n) is 2.29. The molecule has 2 aromatic carbocycles. The first-order valence-corrected chi connectivity index (χ1v) is 9.09. The molecule has 0 aromatic heterocycles. The Bertz CT molecular complexity index is 783. The highest BCUT2D eigenvalue weighted by atomic mass is 35.5. The lowest BCUT2D eigenvalue weighted by atomic mass is 10.2. The first-order chi connectivity index (χ1) is 12.1. The SMILES string of the molecule is O=C(COc1ccc(Cl)cc1)N1CCN=C1SCc1ccccc1F. The quantitative estimate of drug-likeness (QED) is 0.790. The molecule has 0 bridgehead atoms. The van der Waals surface area contributed by atoms with Crippen molar-refractivity contribution in [3.8, 4) is 5.75 Å². The summed E-state index contributed by atoms with van der Waals surface area (Å²) in [6.45, 7) is 0.982. The van der Waals surface area contributed by atoms with E-state index in [1.165, 1.54) is 17.8 Å². The molecule has 1 aliphatic heterocycles. The third-order valence-electron chi connectivity index (χ3n) is 3.59. The molecule has 25 heavy (non-hydrogen) atoms. The number of ether oxygens (including phenoxy) is 1. The Hall–Kier alpha value is -2.05. The lowest BCUT2D eigenvalue weighted by molar-refractivity contribution is -0.128. The van der Waals surface area contributed by atoms with Gasteiger partial charge in [-0.1, -0.05) is 41.6 Å². The number of amides is 1. The molecule has 3 rings (SSSR count). The molecule has 0 aliphatic carbocycles. The van der Waals surface area contributed by atoms with E-state index >= 15 is 0 Å². The normalized spacial score (nSPS) is 13.7. The molecule has 1 amide bonds. The van der Waals surface area contributed by atoms with Gasteiger partial charge in [0.2, 0.25) is 0 Å². The van der Waals surface area contributed by atoms with Gasteiger partial charge >= 0.3 is 0 Å². The Labute approximate surface area is 154 Å². The maximum atomic E-state index is 13.7. The van der Waals surface area contributed by atoms with Crippen molar-refractivity contribution in [3.05, 3.63) is 64.9 Å². The predicted octanol–water partition coefficient (Wildman–Crippen LogP) is 3.99. The van der Waals surface area contributed by atoms with Crippen molar-refractivity contribution >= 4 is 34.4 Å². The van der Waals surface area contributed by atoms with Crippen molar-refractivity contribution in [2.75, 3.05) is 19.7 Å². The summed E-state index contributed by atoms with van der Waals surface area (Å²) in [6.07, 6.45) is 0. The van der Waals surface area contributed by atoms with Crippen molar-refractivity contribution in [1.82, 2.24) is 4.90 Å². The molecular weight excluding hydrogens is 363 g/mol. The summed E-state index contributed by atoms with van der Waals surface area (Å²) in [5, 5.41) is 1.21. The van der Waals surface area contributed by atoms with E-state index in [1.54, 1.807) is 47.4 Å². The van der Waals surface area contributed by atoms with Crippen molar-refractivity contribution < 1.29 is 13.9 Å². The molecule has 0 saturated heterocycles. The summed E-state index contributed by atoms with van der Waals surface area (Å²) >= 11 is 7.17. The topological polar surface area (TPSA) is 41.9 Å². The number of nitrogens with zero attached hydrogens (tertiary/aromatic N) is 2. The van der Waals surface area contributed by atoms with Crippen molar-refractivity contribution in [3.63, 3.8) is 0 Å². The first-order valence-electron chi connectivity index (χ1n) is 7.73. The second-order valence-electron chi connectivity index (χ2n) is 5.33. The predicted molar refractivity (Wildman–Crippen MR) is 98.7 cm³/mol. The minimum atomic E-state index is -0.252. The van der Waals surface area contributed by atoms with E-state index < -0.39 is 0 Å². The summed E-state index contributed by atoms with van der Waals surface area (Å²) in [6, 6.07) is 13.4.